The minimum Gasteiger partial charge on any atom is -0.373 e. The Hall–Kier alpha value is -1.32. The van der Waals surface area contributed by atoms with Crippen LogP contribution in [0, 0.1) is 5.92 Å². The zero-order valence-corrected chi connectivity index (χ0v) is 12.8. The van der Waals surface area contributed by atoms with Gasteiger partial charge in [-0.3, -0.25) is 0 Å². The van der Waals surface area contributed by atoms with Gasteiger partial charge in [-0.25, -0.2) is 9.97 Å². The molecule has 1 saturated heterocycles. The van der Waals surface area contributed by atoms with E-state index in [2.05, 4.69) is 49.0 Å². The van der Waals surface area contributed by atoms with Gasteiger partial charge < -0.3 is 10.2 Å². The Morgan fingerprint density at radius 2 is 1.84 bits per heavy atom. The molecule has 2 rings (SSSR count). The van der Waals surface area contributed by atoms with Gasteiger partial charge >= 0.3 is 0 Å². The van der Waals surface area contributed by atoms with Gasteiger partial charge in [0, 0.05) is 31.6 Å². The lowest BCUT2D eigenvalue weighted by Crippen LogP contribution is -2.34. The average molecular weight is 262 g/mol. The number of aromatic nitrogens is 2. The molecule has 0 amide bonds. The van der Waals surface area contributed by atoms with Crippen molar-refractivity contribution in [3.63, 3.8) is 0 Å². The van der Waals surface area contributed by atoms with E-state index in [-0.39, 0.29) is 5.41 Å². The second-order valence-electron chi connectivity index (χ2n) is 6.60. The van der Waals surface area contributed by atoms with Crippen molar-refractivity contribution in [2.75, 3.05) is 30.4 Å². The van der Waals surface area contributed by atoms with Crippen molar-refractivity contribution >= 4 is 11.6 Å². The summed E-state index contributed by atoms with van der Waals surface area (Å²) in [5.74, 6) is 3.72. The highest BCUT2D eigenvalue weighted by molar-refractivity contribution is 5.50. The molecule has 4 heteroatoms. The summed E-state index contributed by atoms with van der Waals surface area (Å²) >= 11 is 0. The highest BCUT2D eigenvalue weighted by Gasteiger charge is 2.22. The highest BCUT2D eigenvalue weighted by Crippen LogP contribution is 2.26. The van der Waals surface area contributed by atoms with Crippen molar-refractivity contribution in [2.24, 2.45) is 5.92 Å². The Balaban J connectivity index is 2.29. The predicted octanol–water partition coefficient (Wildman–Crippen LogP) is 3.05. The minimum atomic E-state index is -0.0231. The van der Waals surface area contributed by atoms with Crippen molar-refractivity contribution in [2.45, 2.75) is 46.0 Å². The van der Waals surface area contributed by atoms with E-state index < -0.39 is 0 Å². The molecule has 1 aliphatic rings. The predicted molar refractivity (Wildman–Crippen MR) is 80.9 cm³/mol. The van der Waals surface area contributed by atoms with Gasteiger partial charge in [0.1, 0.15) is 17.5 Å². The van der Waals surface area contributed by atoms with Crippen molar-refractivity contribution in [1.82, 2.24) is 9.97 Å². The van der Waals surface area contributed by atoms with Crippen LogP contribution >= 0.6 is 0 Å². The van der Waals surface area contributed by atoms with Gasteiger partial charge in [-0.15, -0.1) is 0 Å². The molecule has 0 atom stereocenters. The van der Waals surface area contributed by atoms with Crippen LogP contribution in [0.15, 0.2) is 6.07 Å². The Bertz CT molecular complexity index is 428. The molecule has 0 spiro atoms. The largest absolute Gasteiger partial charge is 0.373 e. The first-order valence-corrected chi connectivity index (χ1v) is 7.22. The van der Waals surface area contributed by atoms with E-state index in [1.807, 2.05) is 7.05 Å². The lowest BCUT2D eigenvalue weighted by Gasteiger charge is -2.32. The summed E-state index contributed by atoms with van der Waals surface area (Å²) < 4.78 is 0. The van der Waals surface area contributed by atoms with E-state index in [9.17, 15) is 0 Å². The Kier molecular flexibility index (Phi) is 3.97. The Morgan fingerprint density at radius 3 is 2.37 bits per heavy atom. The van der Waals surface area contributed by atoms with Crippen LogP contribution in [0.3, 0.4) is 0 Å². The summed E-state index contributed by atoms with van der Waals surface area (Å²) in [5.41, 5.74) is -0.0231. The van der Waals surface area contributed by atoms with Crippen molar-refractivity contribution in [3.05, 3.63) is 11.9 Å². The third-order valence-electron chi connectivity index (χ3n) is 3.75. The number of piperidine rings is 1. The van der Waals surface area contributed by atoms with Crippen LogP contribution in [-0.2, 0) is 5.41 Å². The quantitative estimate of drug-likeness (QED) is 0.889. The van der Waals surface area contributed by atoms with Gasteiger partial charge in [-0.2, -0.15) is 0 Å². The van der Waals surface area contributed by atoms with Crippen LogP contribution in [-0.4, -0.2) is 30.1 Å². The van der Waals surface area contributed by atoms with Crippen LogP contribution in [0.4, 0.5) is 11.6 Å². The van der Waals surface area contributed by atoms with Crippen molar-refractivity contribution < 1.29 is 0 Å². The summed E-state index contributed by atoms with van der Waals surface area (Å²) in [6.45, 7) is 11.0. The minimum absolute atomic E-state index is 0.0231. The van der Waals surface area contributed by atoms with E-state index in [4.69, 9.17) is 4.98 Å². The van der Waals surface area contributed by atoms with Crippen molar-refractivity contribution in [1.29, 1.82) is 0 Å². The normalized spacial score (nSPS) is 17.6. The van der Waals surface area contributed by atoms with E-state index >= 15 is 0 Å². The maximum absolute atomic E-state index is 4.78. The number of anilines is 2. The zero-order chi connectivity index (χ0) is 14.0. The van der Waals surface area contributed by atoms with Crippen LogP contribution in [0.1, 0.15) is 46.4 Å². The van der Waals surface area contributed by atoms with Gasteiger partial charge in [0.05, 0.1) is 0 Å². The van der Waals surface area contributed by atoms with Crippen LogP contribution < -0.4 is 10.2 Å². The summed E-state index contributed by atoms with van der Waals surface area (Å²) in [6, 6.07) is 2.06. The van der Waals surface area contributed by atoms with Gasteiger partial charge in [-0.05, 0) is 18.8 Å². The summed E-state index contributed by atoms with van der Waals surface area (Å²) in [6.07, 6.45) is 2.51. The highest BCUT2D eigenvalue weighted by atomic mass is 15.2. The standard InChI is InChI=1S/C15H26N4/c1-11-6-8-19(9-7-11)13-10-12(16-5)17-14(18-13)15(2,3)4/h10-11H,6-9H2,1-5H3,(H,16,17,18). The molecule has 19 heavy (non-hydrogen) atoms. The lowest BCUT2D eigenvalue weighted by molar-refractivity contribution is 0.435. The number of nitrogens with one attached hydrogen (secondary N) is 1. The van der Waals surface area contributed by atoms with E-state index in [0.717, 1.165) is 36.5 Å². The molecule has 0 bridgehead atoms. The monoisotopic (exact) mass is 262 g/mol. The fourth-order valence-corrected chi connectivity index (χ4v) is 2.30. The smallest absolute Gasteiger partial charge is 0.138 e. The molecule has 0 radical (unpaired) electrons. The number of hydrogen-bond acceptors (Lipinski definition) is 4. The van der Waals surface area contributed by atoms with Gasteiger partial charge in [0.15, 0.2) is 0 Å². The molecule has 0 saturated carbocycles. The number of hydrogen-bond donors (Lipinski definition) is 1. The molecule has 1 aliphatic heterocycles. The second kappa shape index (κ2) is 5.35. The lowest BCUT2D eigenvalue weighted by atomic mass is 9.95. The molecule has 2 heterocycles. The number of nitrogens with zero attached hydrogens (tertiary/aromatic N) is 3. The SMILES string of the molecule is CNc1cc(N2CCC(C)CC2)nc(C(C)(C)C)n1. The molecule has 0 aromatic carbocycles. The van der Waals surface area contributed by atoms with Crippen LogP contribution in [0.2, 0.25) is 0 Å². The topological polar surface area (TPSA) is 41.0 Å². The second-order valence-corrected chi connectivity index (χ2v) is 6.60. The Morgan fingerprint density at radius 1 is 1.21 bits per heavy atom. The fourth-order valence-electron chi connectivity index (χ4n) is 2.30. The Labute approximate surface area is 116 Å². The third-order valence-corrected chi connectivity index (χ3v) is 3.75. The molecule has 1 aromatic rings. The van der Waals surface area contributed by atoms with Gasteiger partial charge in [-0.1, -0.05) is 27.7 Å². The number of rotatable bonds is 2. The molecule has 1 aromatic heterocycles. The van der Waals surface area contributed by atoms with E-state index in [1.165, 1.54) is 12.8 Å². The van der Waals surface area contributed by atoms with E-state index in [0.29, 0.717) is 0 Å². The fraction of sp³-hybridized carbons (Fsp3) is 0.733. The molecular formula is C15H26N4. The maximum Gasteiger partial charge on any atom is 0.138 e. The molecule has 0 aliphatic carbocycles. The first-order chi connectivity index (χ1) is 8.90. The summed E-state index contributed by atoms with van der Waals surface area (Å²) in [7, 11) is 1.91. The molecule has 1 N–H and O–H groups in total. The molecule has 4 nitrogen and oxygen atoms in total. The van der Waals surface area contributed by atoms with Crippen LogP contribution in [0.5, 0.6) is 0 Å². The van der Waals surface area contributed by atoms with Crippen LogP contribution in [0.25, 0.3) is 0 Å². The van der Waals surface area contributed by atoms with Crippen molar-refractivity contribution in [3.8, 4) is 0 Å². The molecule has 0 unspecified atom stereocenters. The molecule has 1 fully saturated rings. The average Bonchev–Trinajstić information content (AvgIpc) is 2.38. The third kappa shape index (κ3) is 3.37. The summed E-state index contributed by atoms with van der Waals surface area (Å²) in [4.78, 5) is 11.7. The van der Waals surface area contributed by atoms with Gasteiger partial charge in [0.25, 0.3) is 0 Å². The van der Waals surface area contributed by atoms with E-state index in [1.54, 1.807) is 0 Å². The van der Waals surface area contributed by atoms with Gasteiger partial charge in [0.2, 0.25) is 0 Å². The molecule has 106 valence electrons. The molecular weight excluding hydrogens is 236 g/mol. The summed E-state index contributed by atoms with van der Waals surface area (Å²) in [5, 5.41) is 3.15. The zero-order valence-electron chi connectivity index (χ0n) is 12.8. The first kappa shape index (κ1) is 14.1. The maximum atomic E-state index is 4.78. The first-order valence-electron chi connectivity index (χ1n) is 7.22.